The fraction of sp³-hybridized carbons (Fsp3) is 0.889. The molecule has 1 aliphatic heterocycles. The number of hydrogen-bond acceptors (Lipinski definition) is 2. The molecule has 1 atom stereocenters. The van der Waals surface area contributed by atoms with Gasteiger partial charge in [-0.05, 0) is 33.4 Å². The Morgan fingerprint density at radius 2 is 2.09 bits per heavy atom. The number of rotatable bonds is 1. The molecule has 2 nitrogen and oxygen atoms in total. The molecule has 1 aliphatic rings. The van der Waals surface area contributed by atoms with Crippen molar-refractivity contribution in [2.75, 3.05) is 13.6 Å². The molecule has 1 rings (SSSR count). The van der Waals surface area contributed by atoms with Crippen LogP contribution in [0, 0.1) is 0 Å². The number of likely N-dealkylation sites (N-methyl/N-ethyl adjacent to an activating group) is 1. The molecule has 0 aromatic carbocycles. The quantitative estimate of drug-likeness (QED) is 0.571. The Bertz CT molecular complexity index is 144. The van der Waals surface area contributed by atoms with Crippen molar-refractivity contribution in [3.63, 3.8) is 0 Å². The third kappa shape index (κ3) is 2.29. The molecule has 0 aliphatic carbocycles. The SMILES string of the molecule is CC(=O)[C@@H]1CCCCCN1C. The van der Waals surface area contributed by atoms with Gasteiger partial charge in [0.05, 0.1) is 6.04 Å². The van der Waals surface area contributed by atoms with Crippen LogP contribution in [0.5, 0.6) is 0 Å². The Kier molecular flexibility index (Phi) is 3.06. The molecular formula is C9H17NO. The number of hydrogen-bond donors (Lipinski definition) is 0. The monoisotopic (exact) mass is 155 g/mol. The zero-order valence-electron chi connectivity index (χ0n) is 7.47. The third-order valence-electron chi connectivity index (χ3n) is 2.49. The van der Waals surface area contributed by atoms with E-state index in [2.05, 4.69) is 11.9 Å². The second-order valence-electron chi connectivity index (χ2n) is 3.46. The molecule has 11 heavy (non-hydrogen) atoms. The van der Waals surface area contributed by atoms with Crippen LogP contribution in [-0.4, -0.2) is 30.3 Å². The smallest absolute Gasteiger partial charge is 0.146 e. The van der Waals surface area contributed by atoms with Gasteiger partial charge in [-0.25, -0.2) is 0 Å². The standard InChI is InChI=1S/C9H17NO/c1-8(11)9-6-4-3-5-7-10(9)2/h9H,3-7H2,1-2H3/t9-/m0/s1. The topological polar surface area (TPSA) is 20.3 Å². The second-order valence-corrected chi connectivity index (χ2v) is 3.46. The van der Waals surface area contributed by atoms with E-state index in [1.54, 1.807) is 6.92 Å². The van der Waals surface area contributed by atoms with E-state index in [-0.39, 0.29) is 6.04 Å². The van der Waals surface area contributed by atoms with Crippen LogP contribution in [0.3, 0.4) is 0 Å². The average Bonchev–Trinajstić information content (AvgIpc) is 2.13. The van der Waals surface area contributed by atoms with Crippen molar-refractivity contribution in [1.29, 1.82) is 0 Å². The van der Waals surface area contributed by atoms with E-state index in [0.717, 1.165) is 13.0 Å². The summed E-state index contributed by atoms with van der Waals surface area (Å²) in [6.45, 7) is 2.79. The summed E-state index contributed by atoms with van der Waals surface area (Å²) < 4.78 is 0. The molecule has 0 amide bonds. The fourth-order valence-electron chi connectivity index (χ4n) is 1.77. The maximum absolute atomic E-state index is 11.1. The van der Waals surface area contributed by atoms with Gasteiger partial charge >= 0.3 is 0 Å². The van der Waals surface area contributed by atoms with Crippen LogP contribution in [0.25, 0.3) is 0 Å². The molecule has 0 N–H and O–H groups in total. The molecule has 0 radical (unpaired) electrons. The Hall–Kier alpha value is -0.370. The summed E-state index contributed by atoms with van der Waals surface area (Å²) in [6.07, 6.45) is 4.81. The van der Waals surface area contributed by atoms with Crippen molar-refractivity contribution in [2.24, 2.45) is 0 Å². The van der Waals surface area contributed by atoms with Gasteiger partial charge in [-0.15, -0.1) is 0 Å². The van der Waals surface area contributed by atoms with E-state index in [9.17, 15) is 4.79 Å². The van der Waals surface area contributed by atoms with Crippen LogP contribution >= 0.6 is 0 Å². The minimum Gasteiger partial charge on any atom is -0.298 e. The lowest BCUT2D eigenvalue weighted by Gasteiger charge is -2.22. The van der Waals surface area contributed by atoms with Crippen LogP contribution in [0.15, 0.2) is 0 Å². The molecule has 0 unspecified atom stereocenters. The highest BCUT2D eigenvalue weighted by atomic mass is 16.1. The molecular weight excluding hydrogens is 138 g/mol. The average molecular weight is 155 g/mol. The van der Waals surface area contributed by atoms with Crippen molar-refractivity contribution < 1.29 is 4.79 Å². The summed E-state index contributed by atoms with van der Waals surface area (Å²) in [5.41, 5.74) is 0. The van der Waals surface area contributed by atoms with Gasteiger partial charge < -0.3 is 0 Å². The molecule has 64 valence electrons. The van der Waals surface area contributed by atoms with Crippen LogP contribution < -0.4 is 0 Å². The lowest BCUT2D eigenvalue weighted by Crippen LogP contribution is -2.36. The molecule has 0 bridgehead atoms. The van der Waals surface area contributed by atoms with Crippen molar-refractivity contribution in [3.8, 4) is 0 Å². The molecule has 1 heterocycles. The van der Waals surface area contributed by atoms with Crippen molar-refractivity contribution in [2.45, 2.75) is 38.6 Å². The summed E-state index contributed by atoms with van der Waals surface area (Å²) in [5, 5.41) is 0. The van der Waals surface area contributed by atoms with Crippen molar-refractivity contribution in [1.82, 2.24) is 4.90 Å². The van der Waals surface area contributed by atoms with Gasteiger partial charge in [0.25, 0.3) is 0 Å². The van der Waals surface area contributed by atoms with Gasteiger partial charge in [-0.1, -0.05) is 12.8 Å². The van der Waals surface area contributed by atoms with Gasteiger partial charge in [0, 0.05) is 0 Å². The normalized spacial score (nSPS) is 28.0. The second kappa shape index (κ2) is 3.86. The Labute approximate surface area is 68.6 Å². The van der Waals surface area contributed by atoms with E-state index in [0.29, 0.717) is 5.78 Å². The summed E-state index contributed by atoms with van der Waals surface area (Å²) in [7, 11) is 2.05. The first-order chi connectivity index (χ1) is 5.22. The Morgan fingerprint density at radius 1 is 1.36 bits per heavy atom. The highest BCUT2D eigenvalue weighted by Crippen LogP contribution is 2.15. The van der Waals surface area contributed by atoms with Crippen LogP contribution in [0.1, 0.15) is 32.6 Å². The largest absolute Gasteiger partial charge is 0.298 e. The predicted octanol–water partition coefficient (Wildman–Crippen LogP) is 1.45. The van der Waals surface area contributed by atoms with E-state index < -0.39 is 0 Å². The number of carbonyl (C=O) groups excluding carboxylic acids is 1. The lowest BCUT2D eigenvalue weighted by molar-refractivity contribution is -0.121. The Balaban J connectivity index is 2.52. The molecule has 0 saturated carbocycles. The highest BCUT2D eigenvalue weighted by molar-refractivity contribution is 5.81. The number of carbonyl (C=O) groups is 1. The van der Waals surface area contributed by atoms with Gasteiger partial charge in [-0.2, -0.15) is 0 Å². The molecule has 1 saturated heterocycles. The lowest BCUT2D eigenvalue weighted by atomic mass is 10.1. The Morgan fingerprint density at radius 3 is 2.73 bits per heavy atom. The minimum absolute atomic E-state index is 0.206. The molecule has 0 aromatic rings. The van der Waals surface area contributed by atoms with Crippen LogP contribution in [-0.2, 0) is 4.79 Å². The zero-order valence-corrected chi connectivity index (χ0v) is 7.47. The minimum atomic E-state index is 0.206. The maximum atomic E-state index is 11.1. The molecule has 0 spiro atoms. The van der Waals surface area contributed by atoms with Gasteiger partial charge in [0.2, 0.25) is 0 Å². The highest BCUT2D eigenvalue weighted by Gasteiger charge is 2.20. The van der Waals surface area contributed by atoms with Crippen LogP contribution in [0.2, 0.25) is 0 Å². The van der Waals surface area contributed by atoms with E-state index in [4.69, 9.17) is 0 Å². The summed E-state index contributed by atoms with van der Waals surface area (Å²) in [4.78, 5) is 13.3. The zero-order chi connectivity index (χ0) is 8.27. The first-order valence-electron chi connectivity index (χ1n) is 4.42. The van der Waals surface area contributed by atoms with E-state index >= 15 is 0 Å². The van der Waals surface area contributed by atoms with Crippen molar-refractivity contribution in [3.05, 3.63) is 0 Å². The van der Waals surface area contributed by atoms with Gasteiger partial charge in [-0.3, -0.25) is 9.69 Å². The van der Waals surface area contributed by atoms with Gasteiger partial charge in [0.1, 0.15) is 5.78 Å². The third-order valence-corrected chi connectivity index (χ3v) is 2.49. The van der Waals surface area contributed by atoms with Crippen LogP contribution in [0.4, 0.5) is 0 Å². The molecule has 1 fully saturated rings. The first-order valence-corrected chi connectivity index (χ1v) is 4.42. The number of likely N-dealkylation sites (tertiary alicyclic amines) is 1. The summed E-state index contributed by atoms with van der Waals surface area (Å²) in [5.74, 6) is 0.328. The fourth-order valence-corrected chi connectivity index (χ4v) is 1.77. The van der Waals surface area contributed by atoms with Gasteiger partial charge in [0.15, 0.2) is 0 Å². The number of ketones is 1. The first kappa shape index (κ1) is 8.72. The molecule has 2 heteroatoms. The van der Waals surface area contributed by atoms with Crippen molar-refractivity contribution >= 4 is 5.78 Å². The molecule has 0 aromatic heterocycles. The number of nitrogens with zero attached hydrogens (tertiary/aromatic N) is 1. The summed E-state index contributed by atoms with van der Waals surface area (Å²) >= 11 is 0. The van der Waals surface area contributed by atoms with E-state index in [1.165, 1.54) is 19.3 Å². The maximum Gasteiger partial charge on any atom is 0.146 e. The van der Waals surface area contributed by atoms with E-state index in [1.807, 2.05) is 0 Å². The summed E-state index contributed by atoms with van der Waals surface area (Å²) in [6, 6.07) is 0.206. The predicted molar refractivity (Wildman–Crippen MR) is 45.6 cm³/mol. The number of Topliss-reactive ketones (excluding diaryl/α,β-unsaturated/α-hetero) is 1.